The molecule has 5 nitrogen and oxygen atoms in total. The van der Waals surface area contributed by atoms with Crippen molar-refractivity contribution in [1.82, 2.24) is 10.6 Å². The van der Waals surface area contributed by atoms with Gasteiger partial charge in [0.25, 0.3) is 0 Å². The van der Waals surface area contributed by atoms with Gasteiger partial charge in [0, 0.05) is 11.6 Å². The maximum atomic E-state index is 11.8. The minimum Gasteiger partial charge on any atom is -0.481 e. The second kappa shape index (κ2) is 7.95. The van der Waals surface area contributed by atoms with Crippen LogP contribution in [0.15, 0.2) is 0 Å². The summed E-state index contributed by atoms with van der Waals surface area (Å²) in [5, 5.41) is 14.4. The van der Waals surface area contributed by atoms with E-state index in [0.29, 0.717) is 6.42 Å². The molecule has 1 atom stereocenters. The van der Waals surface area contributed by atoms with Gasteiger partial charge in [0.2, 0.25) is 0 Å². The zero-order valence-corrected chi connectivity index (χ0v) is 11.9. The third-order valence-corrected chi connectivity index (χ3v) is 2.72. The van der Waals surface area contributed by atoms with Crippen molar-refractivity contribution < 1.29 is 14.7 Å². The Morgan fingerprint density at radius 2 is 1.83 bits per heavy atom. The molecule has 0 rings (SSSR count). The topological polar surface area (TPSA) is 78.4 Å². The molecule has 0 radical (unpaired) electrons. The van der Waals surface area contributed by atoms with Crippen LogP contribution >= 0.6 is 0 Å². The number of amides is 2. The number of aliphatic carboxylic acids is 1. The zero-order valence-electron chi connectivity index (χ0n) is 11.9. The standard InChI is InChI=1S/C13H26N2O3/c1-5-7-10(9-11(16)17)14-12(18)15-13(3,4)8-6-2/h10H,5-9H2,1-4H3,(H,16,17)(H2,14,15,18). The summed E-state index contributed by atoms with van der Waals surface area (Å²) in [6.07, 6.45) is 3.36. The molecule has 0 aromatic rings. The summed E-state index contributed by atoms with van der Waals surface area (Å²) in [4.78, 5) is 22.5. The van der Waals surface area contributed by atoms with E-state index in [1.54, 1.807) is 0 Å². The molecular weight excluding hydrogens is 232 g/mol. The third-order valence-electron chi connectivity index (χ3n) is 2.72. The van der Waals surface area contributed by atoms with Crippen molar-refractivity contribution in [2.75, 3.05) is 0 Å². The van der Waals surface area contributed by atoms with Crippen LogP contribution in [0.1, 0.15) is 59.8 Å². The average Bonchev–Trinajstić information content (AvgIpc) is 2.14. The number of nitrogens with one attached hydrogen (secondary N) is 2. The van der Waals surface area contributed by atoms with Crippen molar-refractivity contribution in [3.63, 3.8) is 0 Å². The minimum atomic E-state index is -0.887. The van der Waals surface area contributed by atoms with Gasteiger partial charge in [0.1, 0.15) is 0 Å². The summed E-state index contributed by atoms with van der Waals surface area (Å²) >= 11 is 0. The summed E-state index contributed by atoms with van der Waals surface area (Å²) in [7, 11) is 0. The first-order chi connectivity index (χ1) is 8.30. The monoisotopic (exact) mass is 258 g/mol. The van der Waals surface area contributed by atoms with Gasteiger partial charge >= 0.3 is 12.0 Å². The molecule has 0 saturated heterocycles. The number of hydrogen-bond donors (Lipinski definition) is 3. The second-order valence-corrected chi connectivity index (χ2v) is 5.32. The van der Waals surface area contributed by atoms with E-state index in [2.05, 4.69) is 17.6 Å². The highest BCUT2D eigenvalue weighted by Gasteiger charge is 2.21. The van der Waals surface area contributed by atoms with Gasteiger partial charge < -0.3 is 15.7 Å². The smallest absolute Gasteiger partial charge is 0.315 e. The zero-order chi connectivity index (χ0) is 14.2. The van der Waals surface area contributed by atoms with Gasteiger partial charge in [-0.1, -0.05) is 26.7 Å². The van der Waals surface area contributed by atoms with Crippen LogP contribution in [-0.4, -0.2) is 28.7 Å². The predicted octanol–water partition coefficient (Wildman–Crippen LogP) is 2.51. The quantitative estimate of drug-likeness (QED) is 0.626. The lowest BCUT2D eigenvalue weighted by Gasteiger charge is -2.27. The Morgan fingerprint density at radius 1 is 1.22 bits per heavy atom. The van der Waals surface area contributed by atoms with E-state index in [4.69, 9.17) is 5.11 Å². The summed E-state index contributed by atoms with van der Waals surface area (Å²) < 4.78 is 0. The molecule has 0 heterocycles. The summed E-state index contributed by atoms with van der Waals surface area (Å²) in [6.45, 7) is 7.95. The number of carboxylic acids is 1. The van der Waals surface area contributed by atoms with Gasteiger partial charge in [-0.3, -0.25) is 4.79 Å². The lowest BCUT2D eigenvalue weighted by Crippen LogP contribution is -2.51. The van der Waals surface area contributed by atoms with E-state index in [9.17, 15) is 9.59 Å². The number of carbonyl (C=O) groups is 2. The van der Waals surface area contributed by atoms with Crippen LogP contribution in [0.2, 0.25) is 0 Å². The van der Waals surface area contributed by atoms with Crippen molar-refractivity contribution in [3.05, 3.63) is 0 Å². The highest BCUT2D eigenvalue weighted by molar-refractivity contribution is 5.76. The maximum Gasteiger partial charge on any atom is 0.315 e. The van der Waals surface area contributed by atoms with E-state index in [0.717, 1.165) is 19.3 Å². The Labute approximate surface area is 109 Å². The number of urea groups is 1. The van der Waals surface area contributed by atoms with E-state index in [1.807, 2.05) is 20.8 Å². The molecule has 0 aliphatic rings. The molecule has 0 fully saturated rings. The molecule has 0 aliphatic heterocycles. The number of rotatable bonds is 8. The Hall–Kier alpha value is -1.26. The largest absolute Gasteiger partial charge is 0.481 e. The Balaban J connectivity index is 4.28. The first kappa shape index (κ1) is 16.7. The molecule has 0 saturated carbocycles. The second-order valence-electron chi connectivity index (χ2n) is 5.32. The molecule has 106 valence electrons. The highest BCUT2D eigenvalue weighted by atomic mass is 16.4. The Bertz CT molecular complexity index is 277. The van der Waals surface area contributed by atoms with E-state index in [1.165, 1.54) is 0 Å². The van der Waals surface area contributed by atoms with Gasteiger partial charge in [-0.2, -0.15) is 0 Å². The first-order valence-electron chi connectivity index (χ1n) is 6.61. The van der Waals surface area contributed by atoms with Crippen molar-refractivity contribution in [2.45, 2.75) is 71.4 Å². The van der Waals surface area contributed by atoms with Gasteiger partial charge in [-0.15, -0.1) is 0 Å². The molecular formula is C13H26N2O3. The summed E-state index contributed by atoms with van der Waals surface area (Å²) in [6, 6.07) is -0.585. The fraction of sp³-hybridized carbons (Fsp3) is 0.846. The van der Waals surface area contributed by atoms with E-state index >= 15 is 0 Å². The van der Waals surface area contributed by atoms with Gasteiger partial charge in [0.05, 0.1) is 6.42 Å². The fourth-order valence-corrected chi connectivity index (χ4v) is 2.00. The van der Waals surface area contributed by atoms with Crippen molar-refractivity contribution >= 4 is 12.0 Å². The minimum absolute atomic E-state index is 0.0323. The maximum absolute atomic E-state index is 11.8. The molecule has 1 unspecified atom stereocenters. The molecule has 0 aliphatic carbocycles. The van der Waals surface area contributed by atoms with Crippen LogP contribution in [0.3, 0.4) is 0 Å². The van der Waals surface area contributed by atoms with Crippen LogP contribution in [0, 0.1) is 0 Å². The van der Waals surface area contributed by atoms with Gasteiger partial charge in [-0.05, 0) is 26.7 Å². The van der Waals surface area contributed by atoms with Crippen molar-refractivity contribution in [3.8, 4) is 0 Å². The summed E-state index contributed by atoms with van der Waals surface area (Å²) in [5.41, 5.74) is -0.265. The molecule has 0 spiro atoms. The van der Waals surface area contributed by atoms with E-state index < -0.39 is 5.97 Å². The van der Waals surface area contributed by atoms with Crippen LogP contribution in [0.25, 0.3) is 0 Å². The fourth-order valence-electron chi connectivity index (χ4n) is 2.00. The SMILES string of the molecule is CCCC(CC(=O)O)NC(=O)NC(C)(C)CCC. The van der Waals surface area contributed by atoms with Crippen LogP contribution in [0.5, 0.6) is 0 Å². The first-order valence-corrected chi connectivity index (χ1v) is 6.61. The predicted molar refractivity (Wildman–Crippen MR) is 71.6 cm³/mol. The van der Waals surface area contributed by atoms with Gasteiger partial charge in [0.15, 0.2) is 0 Å². The molecule has 3 N–H and O–H groups in total. The third kappa shape index (κ3) is 7.92. The van der Waals surface area contributed by atoms with Crippen molar-refractivity contribution in [2.24, 2.45) is 0 Å². The molecule has 18 heavy (non-hydrogen) atoms. The van der Waals surface area contributed by atoms with Crippen LogP contribution in [-0.2, 0) is 4.79 Å². The normalized spacial score (nSPS) is 12.9. The Morgan fingerprint density at radius 3 is 2.28 bits per heavy atom. The lowest BCUT2D eigenvalue weighted by atomic mass is 9.99. The number of carbonyl (C=O) groups excluding carboxylic acids is 1. The van der Waals surface area contributed by atoms with Crippen LogP contribution in [0.4, 0.5) is 4.79 Å². The lowest BCUT2D eigenvalue weighted by molar-refractivity contribution is -0.137. The van der Waals surface area contributed by atoms with E-state index in [-0.39, 0.29) is 24.0 Å². The molecule has 0 aromatic carbocycles. The highest BCUT2D eigenvalue weighted by Crippen LogP contribution is 2.10. The molecule has 0 bridgehead atoms. The van der Waals surface area contributed by atoms with Gasteiger partial charge in [-0.25, -0.2) is 4.79 Å². The molecule has 0 aromatic heterocycles. The number of hydrogen-bond acceptors (Lipinski definition) is 2. The van der Waals surface area contributed by atoms with Crippen LogP contribution < -0.4 is 10.6 Å². The van der Waals surface area contributed by atoms with Crippen molar-refractivity contribution in [1.29, 1.82) is 0 Å². The average molecular weight is 258 g/mol. The summed E-state index contributed by atoms with van der Waals surface area (Å²) in [5.74, 6) is -0.887. The Kier molecular flexibility index (Phi) is 7.39. The molecule has 5 heteroatoms. The number of carboxylic acid groups (broad SMARTS) is 1. The molecule has 2 amide bonds.